The summed E-state index contributed by atoms with van der Waals surface area (Å²) in [7, 11) is 0. The summed E-state index contributed by atoms with van der Waals surface area (Å²) < 4.78 is 0. The van der Waals surface area contributed by atoms with E-state index in [-0.39, 0.29) is 0 Å². The van der Waals surface area contributed by atoms with E-state index in [4.69, 9.17) is 0 Å². The van der Waals surface area contributed by atoms with Gasteiger partial charge in [0.1, 0.15) is 0 Å². The number of hydrogen-bond acceptors (Lipinski definition) is 1. The zero-order valence-corrected chi connectivity index (χ0v) is 11.5. The fourth-order valence-corrected chi connectivity index (χ4v) is 2.18. The molecule has 0 bridgehead atoms. The van der Waals surface area contributed by atoms with Gasteiger partial charge in [-0.1, -0.05) is 63.8 Å². The molecule has 0 aliphatic carbocycles. The first-order valence-electron chi connectivity index (χ1n) is 6.92. The minimum absolute atomic E-state index is 0.667. The topological polar surface area (TPSA) is 20.2 Å². The van der Waals surface area contributed by atoms with Gasteiger partial charge in [0.05, 0.1) is 5.60 Å². The van der Waals surface area contributed by atoms with Crippen molar-refractivity contribution in [2.75, 3.05) is 0 Å². The van der Waals surface area contributed by atoms with E-state index in [1.165, 1.54) is 24.8 Å². The van der Waals surface area contributed by atoms with Crippen LogP contribution in [0.15, 0.2) is 24.3 Å². The van der Waals surface area contributed by atoms with Gasteiger partial charge in [-0.15, -0.1) is 0 Å². The van der Waals surface area contributed by atoms with Crippen LogP contribution >= 0.6 is 0 Å². The number of aliphatic hydroxyl groups is 1. The Labute approximate surface area is 106 Å². The minimum Gasteiger partial charge on any atom is -0.385 e. The van der Waals surface area contributed by atoms with Gasteiger partial charge in [-0.05, 0) is 30.9 Å². The molecule has 0 heterocycles. The Morgan fingerprint density at radius 1 is 1.00 bits per heavy atom. The lowest BCUT2D eigenvalue weighted by Gasteiger charge is -2.24. The lowest BCUT2D eigenvalue weighted by molar-refractivity contribution is 0.0449. The first-order chi connectivity index (χ1) is 8.10. The van der Waals surface area contributed by atoms with Crippen LogP contribution in [-0.2, 0) is 12.0 Å². The molecule has 1 rings (SSSR count). The molecule has 0 aromatic heterocycles. The molecule has 1 nitrogen and oxygen atoms in total. The zero-order chi connectivity index (χ0) is 12.7. The third kappa shape index (κ3) is 4.51. The maximum atomic E-state index is 10.4. The fourth-order valence-electron chi connectivity index (χ4n) is 2.18. The summed E-state index contributed by atoms with van der Waals surface area (Å²) in [6.45, 7) is 6.31. The van der Waals surface area contributed by atoms with Crippen LogP contribution in [0.1, 0.15) is 64.0 Å². The molecule has 17 heavy (non-hydrogen) atoms. The minimum atomic E-state index is -0.667. The summed E-state index contributed by atoms with van der Waals surface area (Å²) >= 11 is 0. The van der Waals surface area contributed by atoms with Crippen LogP contribution < -0.4 is 0 Å². The van der Waals surface area contributed by atoms with Gasteiger partial charge in [0.15, 0.2) is 0 Å². The average molecular weight is 234 g/mol. The molecule has 1 N–H and O–H groups in total. The summed E-state index contributed by atoms with van der Waals surface area (Å²) in [4.78, 5) is 0. The highest BCUT2D eigenvalue weighted by molar-refractivity contribution is 5.26. The first-order valence-corrected chi connectivity index (χ1v) is 6.92. The van der Waals surface area contributed by atoms with E-state index < -0.39 is 5.60 Å². The van der Waals surface area contributed by atoms with Gasteiger partial charge in [0.25, 0.3) is 0 Å². The van der Waals surface area contributed by atoms with Crippen molar-refractivity contribution in [3.63, 3.8) is 0 Å². The quantitative estimate of drug-likeness (QED) is 0.692. The van der Waals surface area contributed by atoms with Crippen molar-refractivity contribution in [3.8, 4) is 0 Å². The highest BCUT2D eigenvalue weighted by Gasteiger charge is 2.21. The van der Waals surface area contributed by atoms with Gasteiger partial charge in [0, 0.05) is 0 Å². The van der Waals surface area contributed by atoms with Gasteiger partial charge in [-0.3, -0.25) is 0 Å². The number of benzene rings is 1. The van der Waals surface area contributed by atoms with Crippen molar-refractivity contribution in [2.45, 2.75) is 64.9 Å². The van der Waals surface area contributed by atoms with Crippen LogP contribution in [0.2, 0.25) is 0 Å². The molecule has 1 atom stereocenters. The normalized spacial score (nSPS) is 14.6. The number of rotatable bonds is 7. The van der Waals surface area contributed by atoms with Crippen LogP contribution in [0.4, 0.5) is 0 Å². The van der Waals surface area contributed by atoms with Gasteiger partial charge in [0.2, 0.25) is 0 Å². The van der Waals surface area contributed by atoms with Crippen LogP contribution in [0, 0.1) is 0 Å². The molecule has 1 unspecified atom stereocenters. The van der Waals surface area contributed by atoms with Crippen molar-refractivity contribution in [2.24, 2.45) is 0 Å². The molecule has 0 radical (unpaired) electrons. The van der Waals surface area contributed by atoms with Crippen molar-refractivity contribution in [3.05, 3.63) is 35.4 Å². The Morgan fingerprint density at radius 2 is 1.65 bits per heavy atom. The fraction of sp³-hybridized carbons (Fsp3) is 0.625. The molecule has 96 valence electrons. The smallest absolute Gasteiger partial charge is 0.0868 e. The largest absolute Gasteiger partial charge is 0.385 e. The zero-order valence-electron chi connectivity index (χ0n) is 11.5. The second-order valence-electron chi connectivity index (χ2n) is 5.18. The Balaban J connectivity index is 2.63. The Hall–Kier alpha value is -0.820. The maximum Gasteiger partial charge on any atom is 0.0868 e. The first kappa shape index (κ1) is 14.2. The average Bonchev–Trinajstić information content (AvgIpc) is 2.30. The van der Waals surface area contributed by atoms with Gasteiger partial charge in [-0.25, -0.2) is 0 Å². The molecule has 1 heteroatoms. The van der Waals surface area contributed by atoms with Crippen LogP contribution in [0.5, 0.6) is 0 Å². The van der Waals surface area contributed by atoms with E-state index in [0.29, 0.717) is 0 Å². The van der Waals surface area contributed by atoms with Crippen LogP contribution in [0.3, 0.4) is 0 Å². The Bertz CT molecular complexity index is 311. The third-order valence-electron chi connectivity index (χ3n) is 3.38. The molecule has 1 aromatic rings. The molecular formula is C16H26O. The number of unbranched alkanes of at least 4 members (excludes halogenated alkanes) is 2. The van der Waals surface area contributed by atoms with Crippen molar-refractivity contribution >= 4 is 0 Å². The van der Waals surface area contributed by atoms with Crippen molar-refractivity contribution < 1.29 is 5.11 Å². The van der Waals surface area contributed by atoms with Crippen LogP contribution in [0.25, 0.3) is 0 Å². The summed E-state index contributed by atoms with van der Waals surface area (Å²) in [6.07, 6.45) is 6.65. The molecule has 0 aliphatic rings. The van der Waals surface area contributed by atoms with Gasteiger partial charge < -0.3 is 5.11 Å². The lowest BCUT2D eigenvalue weighted by Crippen LogP contribution is -2.20. The molecule has 0 amide bonds. The maximum absolute atomic E-state index is 10.4. The van der Waals surface area contributed by atoms with Gasteiger partial charge in [-0.2, -0.15) is 0 Å². The summed E-state index contributed by atoms with van der Waals surface area (Å²) in [5.41, 5.74) is 1.74. The SMILES string of the molecule is CCCCCC(C)(O)c1ccc(CCC)cc1. The molecule has 0 fully saturated rings. The predicted octanol–water partition coefficient (Wildman–Crippen LogP) is 4.43. The summed E-state index contributed by atoms with van der Waals surface area (Å²) in [5, 5.41) is 10.4. The number of aryl methyl sites for hydroxylation is 1. The monoisotopic (exact) mass is 234 g/mol. The third-order valence-corrected chi connectivity index (χ3v) is 3.38. The van der Waals surface area contributed by atoms with E-state index in [2.05, 4.69) is 38.1 Å². The van der Waals surface area contributed by atoms with Crippen molar-refractivity contribution in [1.29, 1.82) is 0 Å². The molecule has 1 aromatic carbocycles. The van der Waals surface area contributed by atoms with E-state index in [1.54, 1.807) is 0 Å². The molecule has 0 saturated carbocycles. The lowest BCUT2D eigenvalue weighted by atomic mass is 9.89. The second-order valence-corrected chi connectivity index (χ2v) is 5.18. The van der Waals surface area contributed by atoms with E-state index in [0.717, 1.165) is 24.8 Å². The van der Waals surface area contributed by atoms with E-state index >= 15 is 0 Å². The number of hydrogen-bond donors (Lipinski definition) is 1. The second kappa shape index (κ2) is 6.80. The predicted molar refractivity (Wildman–Crippen MR) is 74.1 cm³/mol. The van der Waals surface area contributed by atoms with E-state index in [1.807, 2.05) is 6.92 Å². The Morgan fingerprint density at radius 3 is 2.18 bits per heavy atom. The molecule has 0 spiro atoms. The highest BCUT2D eigenvalue weighted by Crippen LogP contribution is 2.27. The van der Waals surface area contributed by atoms with Gasteiger partial charge >= 0.3 is 0 Å². The molecular weight excluding hydrogens is 208 g/mol. The van der Waals surface area contributed by atoms with Crippen LogP contribution in [-0.4, -0.2) is 5.11 Å². The summed E-state index contributed by atoms with van der Waals surface area (Å²) in [5.74, 6) is 0. The van der Waals surface area contributed by atoms with Crippen molar-refractivity contribution in [1.82, 2.24) is 0 Å². The molecule has 0 saturated heterocycles. The van der Waals surface area contributed by atoms with E-state index in [9.17, 15) is 5.11 Å². The standard InChI is InChI=1S/C16H26O/c1-4-6-7-13-16(3,17)15-11-9-14(8-5-2)10-12-15/h9-12,17H,4-8,13H2,1-3H3. The highest BCUT2D eigenvalue weighted by atomic mass is 16.3. The summed E-state index contributed by atoms with van der Waals surface area (Å²) in [6, 6.07) is 8.45. The Kier molecular flexibility index (Phi) is 5.70. The molecule has 0 aliphatic heterocycles.